The lowest BCUT2D eigenvalue weighted by atomic mass is 10.1. The van der Waals surface area contributed by atoms with Crippen molar-refractivity contribution >= 4 is 44.7 Å². The predicted molar refractivity (Wildman–Crippen MR) is 126 cm³/mol. The fourth-order valence-electron chi connectivity index (χ4n) is 3.66. The van der Waals surface area contributed by atoms with E-state index in [2.05, 4.69) is 59.2 Å². The fraction of sp³-hybridized carbons (Fsp3) is 0.318. The summed E-state index contributed by atoms with van der Waals surface area (Å²) in [4.78, 5) is 38.7. The van der Waals surface area contributed by atoms with E-state index in [1.165, 1.54) is 16.6 Å². The van der Waals surface area contributed by atoms with E-state index in [1.807, 2.05) is 23.5 Å². The van der Waals surface area contributed by atoms with Gasteiger partial charge in [0.25, 0.3) is 0 Å². The number of nitrogens with zero attached hydrogens (tertiary/aromatic N) is 5. The highest BCUT2D eigenvalue weighted by Crippen LogP contribution is 2.24. The van der Waals surface area contributed by atoms with Crippen LogP contribution in [0.2, 0.25) is 0 Å². The summed E-state index contributed by atoms with van der Waals surface area (Å²) in [5, 5.41) is 5.03. The molecule has 160 valence electrons. The third-order valence-corrected chi connectivity index (χ3v) is 6.82. The van der Waals surface area contributed by atoms with Crippen LogP contribution in [0.5, 0.6) is 0 Å². The molecule has 1 aliphatic rings. The second-order valence-electron chi connectivity index (χ2n) is 7.47. The SMILES string of the molecule is Cc1ccsc1CN1CCCN(c2cccc(C(=O)c3cc(Br)cnc3N=O)n2)CC1. The van der Waals surface area contributed by atoms with Gasteiger partial charge >= 0.3 is 0 Å². The molecular weight excluding hydrogens is 478 g/mol. The van der Waals surface area contributed by atoms with Crippen molar-refractivity contribution in [2.45, 2.75) is 19.9 Å². The smallest absolute Gasteiger partial charge is 0.215 e. The van der Waals surface area contributed by atoms with Crippen LogP contribution < -0.4 is 4.90 Å². The van der Waals surface area contributed by atoms with E-state index < -0.39 is 0 Å². The van der Waals surface area contributed by atoms with Crippen molar-refractivity contribution < 1.29 is 4.79 Å². The number of hydrogen-bond acceptors (Lipinski definition) is 8. The van der Waals surface area contributed by atoms with Gasteiger partial charge in [0.05, 0.1) is 5.56 Å². The fourth-order valence-corrected chi connectivity index (χ4v) is 4.94. The molecule has 0 atom stereocenters. The molecule has 4 heterocycles. The van der Waals surface area contributed by atoms with Gasteiger partial charge in [0.1, 0.15) is 11.5 Å². The number of rotatable bonds is 6. The van der Waals surface area contributed by atoms with Crippen molar-refractivity contribution in [2.75, 3.05) is 31.1 Å². The molecule has 0 aliphatic carbocycles. The molecule has 0 spiro atoms. The Labute approximate surface area is 193 Å². The Morgan fingerprint density at radius 1 is 1.23 bits per heavy atom. The molecule has 0 amide bonds. The highest BCUT2D eigenvalue weighted by molar-refractivity contribution is 9.10. The van der Waals surface area contributed by atoms with Crippen LogP contribution in [0.25, 0.3) is 0 Å². The number of carbonyl (C=O) groups excluding carboxylic acids is 1. The van der Waals surface area contributed by atoms with E-state index in [9.17, 15) is 9.70 Å². The molecule has 0 radical (unpaired) electrons. The van der Waals surface area contributed by atoms with Gasteiger partial charge in [0.2, 0.25) is 11.6 Å². The predicted octanol–water partition coefficient (Wildman–Crippen LogP) is 4.95. The van der Waals surface area contributed by atoms with Gasteiger partial charge in [0, 0.05) is 48.3 Å². The minimum absolute atomic E-state index is 0.130. The Hall–Kier alpha value is -2.49. The first-order chi connectivity index (χ1) is 15.0. The third kappa shape index (κ3) is 5.06. The molecule has 1 fully saturated rings. The number of carbonyl (C=O) groups is 1. The average molecular weight is 500 g/mol. The maximum atomic E-state index is 13.0. The minimum Gasteiger partial charge on any atom is -0.355 e. The number of aryl methyl sites for hydroxylation is 1. The van der Waals surface area contributed by atoms with Gasteiger partial charge in [-0.25, -0.2) is 9.97 Å². The molecule has 0 aromatic carbocycles. The number of nitroso groups, excluding NO2 is 1. The lowest BCUT2D eigenvalue weighted by Crippen LogP contribution is -2.31. The molecule has 0 N–H and O–H groups in total. The van der Waals surface area contributed by atoms with Gasteiger partial charge in [-0.1, -0.05) is 6.07 Å². The quantitative estimate of drug-likeness (QED) is 0.352. The van der Waals surface area contributed by atoms with Crippen molar-refractivity contribution in [1.82, 2.24) is 14.9 Å². The summed E-state index contributed by atoms with van der Waals surface area (Å²) in [6, 6.07) is 9.13. The topological polar surface area (TPSA) is 78.8 Å². The zero-order valence-electron chi connectivity index (χ0n) is 17.1. The number of ketones is 1. The van der Waals surface area contributed by atoms with E-state index in [4.69, 9.17) is 0 Å². The highest BCUT2D eigenvalue weighted by Gasteiger charge is 2.21. The van der Waals surface area contributed by atoms with E-state index in [0.29, 0.717) is 4.47 Å². The van der Waals surface area contributed by atoms with E-state index in [0.717, 1.165) is 45.0 Å². The zero-order valence-corrected chi connectivity index (χ0v) is 19.5. The monoisotopic (exact) mass is 499 g/mol. The first-order valence-corrected chi connectivity index (χ1v) is 11.7. The van der Waals surface area contributed by atoms with Gasteiger partial charge in [0.15, 0.2) is 0 Å². The molecule has 0 bridgehead atoms. The summed E-state index contributed by atoms with van der Waals surface area (Å²) in [5.74, 6) is 0.271. The Kier molecular flexibility index (Phi) is 6.84. The van der Waals surface area contributed by atoms with Crippen LogP contribution in [0.4, 0.5) is 11.6 Å². The molecule has 4 rings (SSSR count). The Morgan fingerprint density at radius 2 is 2.10 bits per heavy atom. The first kappa shape index (κ1) is 21.7. The molecule has 7 nitrogen and oxygen atoms in total. The van der Waals surface area contributed by atoms with Crippen molar-refractivity contribution in [2.24, 2.45) is 5.18 Å². The lowest BCUT2D eigenvalue weighted by molar-refractivity contribution is 0.103. The minimum atomic E-state index is -0.366. The van der Waals surface area contributed by atoms with E-state index in [1.54, 1.807) is 12.1 Å². The second kappa shape index (κ2) is 9.76. The number of hydrogen-bond donors (Lipinski definition) is 0. The Balaban J connectivity index is 1.49. The molecule has 1 aliphatic heterocycles. The van der Waals surface area contributed by atoms with E-state index >= 15 is 0 Å². The standard InChI is InChI=1S/C22H22BrN5O2S/c1-15-6-11-31-19(15)14-27-7-3-8-28(10-9-27)20-5-2-4-18(25-20)21(29)17-12-16(23)13-24-22(17)26-30/h2,4-6,11-13H,3,7-10,14H2,1H3. The van der Waals surface area contributed by atoms with Gasteiger partial charge in [-0.2, -0.15) is 0 Å². The number of anilines is 1. The third-order valence-electron chi connectivity index (χ3n) is 5.38. The second-order valence-corrected chi connectivity index (χ2v) is 9.39. The largest absolute Gasteiger partial charge is 0.355 e. The van der Waals surface area contributed by atoms with Crippen molar-refractivity contribution in [3.8, 4) is 0 Å². The molecule has 3 aromatic heterocycles. The van der Waals surface area contributed by atoms with Crippen molar-refractivity contribution in [3.05, 3.63) is 73.0 Å². The zero-order chi connectivity index (χ0) is 21.8. The van der Waals surface area contributed by atoms with Crippen LogP contribution in [0.3, 0.4) is 0 Å². The molecule has 31 heavy (non-hydrogen) atoms. The summed E-state index contributed by atoms with van der Waals surface area (Å²) in [7, 11) is 0. The lowest BCUT2D eigenvalue weighted by Gasteiger charge is -2.23. The number of thiophene rings is 1. The first-order valence-electron chi connectivity index (χ1n) is 10.1. The normalized spacial score (nSPS) is 15.0. The molecule has 0 unspecified atom stereocenters. The molecule has 1 saturated heterocycles. The van der Waals surface area contributed by atoms with Crippen LogP contribution >= 0.6 is 27.3 Å². The summed E-state index contributed by atoms with van der Waals surface area (Å²) in [6.45, 7) is 6.82. The van der Waals surface area contributed by atoms with Crippen LogP contribution in [0.1, 0.15) is 32.9 Å². The maximum Gasteiger partial charge on any atom is 0.215 e. The Morgan fingerprint density at radius 3 is 2.87 bits per heavy atom. The van der Waals surface area contributed by atoms with Gasteiger partial charge in [-0.15, -0.1) is 16.2 Å². The van der Waals surface area contributed by atoms with E-state index in [-0.39, 0.29) is 22.9 Å². The molecule has 0 saturated carbocycles. The highest BCUT2D eigenvalue weighted by atomic mass is 79.9. The number of pyridine rings is 2. The number of halogens is 1. The number of aromatic nitrogens is 2. The molecule has 3 aromatic rings. The van der Waals surface area contributed by atoms with Crippen LogP contribution in [0.15, 0.2) is 51.6 Å². The van der Waals surface area contributed by atoms with Crippen LogP contribution in [-0.2, 0) is 6.54 Å². The van der Waals surface area contributed by atoms with Gasteiger partial charge in [-0.3, -0.25) is 9.69 Å². The van der Waals surface area contributed by atoms with Crippen molar-refractivity contribution in [3.63, 3.8) is 0 Å². The van der Waals surface area contributed by atoms with Gasteiger partial charge in [-0.05, 0) is 69.7 Å². The van der Waals surface area contributed by atoms with Gasteiger partial charge < -0.3 is 4.90 Å². The van der Waals surface area contributed by atoms with Crippen LogP contribution in [-0.4, -0.2) is 46.8 Å². The summed E-state index contributed by atoms with van der Waals surface area (Å²) >= 11 is 5.10. The average Bonchev–Trinajstić information content (AvgIpc) is 3.04. The van der Waals surface area contributed by atoms with Crippen molar-refractivity contribution in [1.29, 1.82) is 0 Å². The Bertz CT molecular complexity index is 1100. The molecule has 9 heteroatoms. The maximum absolute atomic E-state index is 13.0. The van der Waals surface area contributed by atoms with Crippen LogP contribution in [0, 0.1) is 11.8 Å². The summed E-state index contributed by atoms with van der Waals surface area (Å²) in [5.41, 5.74) is 1.77. The summed E-state index contributed by atoms with van der Waals surface area (Å²) < 4.78 is 0.605. The summed E-state index contributed by atoms with van der Waals surface area (Å²) in [6.07, 6.45) is 2.47. The molecular formula is C22H22BrN5O2S.